The van der Waals surface area contributed by atoms with Gasteiger partial charge in [-0.05, 0) is 148 Å². The molecule has 57 heavy (non-hydrogen) atoms. The minimum Gasteiger partial charge on any atom is -0.481 e. The van der Waals surface area contributed by atoms with Crippen molar-refractivity contribution in [2.24, 2.45) is 11.8 Å². The van der Waals surface area contributed by atoms with Crippen molar-refractivity contribution in [3.8, 4) is 0 Å². The number of amides is 1. The van der Waals surface area contributed by atoms with Crippen LogP contribution in [0.25, 0.3) is 0 Å². The van der Waals surface area contributed by atoms with Gasteiger partial charge in [0.15, 0.2) is 0 Å². The summed E-state index contributed by atoms with van der Waals surface area (Å²) in [6.45, 7) is 4.28. The number of carboxylic acids is 1. The normalized spacial score (nSPS) is 20.2. The summed E-state index contributed by atoms with van der Waals surface area (Å²) in [6, 6.07) is 36.6. The van der Waals surface area contributed by atoms with E-state index in [1.54, 1.807) is 12.1 Å². The summed E-state index contributed by atoms with van der Waals surface area (Å²) in [5, 5.41) is 14.0. The second kappa shape index (κ2) is 22.5. The number of rotatable bonds is 10. The highest BCUT2D eigenvalue weighted by Crippen LogP contribution is 2.46. The minimum atomic E-state index is -0.717. The molecule has 308 valence electrons. The summed E-state index contributed by atoms with van der Waals surface area (Å²) in [6.07, 6.45) is 15.6. The second-order valence-electron chi connectivity index (χ2n) is 16.2. The maximum Gasteiger partial charge on any atom is 0.314 e. The predicted molar refractivity (Wildman–Crippen MR) is 239 cm³/mol. The zero-order chi connectivity index (χ0) is 38.5. The average molecular weight is 814 g/mol. The maximum atomic E-state index is 13.5. The molecule has 4 aliphatic rings. The highest BCUT2D eigenvalue weighted by atomic mass is 35.5. The van der Waals surface area contributed by atoms with Crippen molar-refractivity contribution in [3.05, 3.63) is 141 Å². The number of carboxylic acid groups (broad SMARTS) is 1. The summed E-state index contributed by atoms with van der Waals surface area (Å²) >= 11 is 11.8. The first kappa shape index (κ1) is 46.1. The molecule has 2 aliphatic carbocycles. The lowest BCUT2D eigenvalue weighted by atomic mass is 9.63. The zero-order valence-corrected chi connectivity index (χ0v) is 33.8. The first-order chi connectivity index (χ1) is 26.8. The Hall–Kier alpha value is -3.64. The summed E-state index contributed by atoms with van der Waals surface area (Å²) in [4.78, 5) is 26.8. The molecular formula is C50H66Cl2N2O3. The number of hydrogen-bond donors (Lipinski definition) is 2. The fraction of sp³-hybridized carbons (Fsp3) is 0.480. The molecule has 2 N–H and O–H groups in total. The van der Waals surface area contributed by atoms with Gasteiger partial charge in [0, 0.05) is 23.1 Å². The molecular weight excluding hydrogens is 747 g/mol. The largest absolute Gasteiger partial charge is 0.481 e. The lowest BCUT2D eigenvalue weighted by molar-refractivity contribution is -0.147. The number of likely N-dealkylation sites (tertiary alicyclic amines) is 1. The number of piperidine rings is 2. The van der Waals surface area contributed by atoms with Gasteiger partial charge in [0.1, 0.15) is 0 Å². The van der Waals surface area contributed by atoms with E-state index in [-0.39, 0.29) is 20.3 Å². The summed E-state index contributed by atoms with van der Waals surface area (Å²) in [5.41, 5.74) is 3.97. The molecule has 0 radical (unpaired) electrons. The Labute approximate surface area is 353 Å². The fourth-order valence-corrected chi connectivity index (χ4v) is 9.09. The van der Waals surface area contributed by atoms with Crippen LogP contribution in [0.4, 0.5) is 0 Å². The molecule has 2 saturated heterocycles. The second-order valence-corrected chi connectivity index (χ2v) is 17.1. The SMILES string of the molecule is C.C.O=C(N1CCCC(CCc2ccccc2)C1)C1(c2ccc(Cl)cc2)CCC1.O=C(O)C1(c2ccc(Cl)cc2)CCC1.c1ccc(CCC2CCCNC2)cc1. The van der Waals surface area contributed by atoms with Crippen LogP contribution in [0.5, 0.6) is 0 Å². The van der Waals surface area contributed by atoms with Crippen molar-refractivity contribution in [3.63, 3.8) is 0 Å². The lowest BCUT2D eigenvalue weighted by Crippen LogP contribution is -2.53. The molecule has 2 heterocycles. The van der Waals surface area contributed by atoms with Gasteiger partial charge >= 0.3 is 5.97 Å². The van der Waals surface area contributed by atoms with E-state index in [0.717, 1.165) is 86.5 Å². The summed E-state index contributed by atoms with van der Waals surface area (Å²) < 4.78 is 0. The van der Waals surface area contributed by atoms with E-state index in [4.69, 9.17) is 23.2 Å². The van der Waals surface area contributed by atoms with Crippen LogP contribution < -0.4 is 5.32 Å². The molecule has 0 spiro atoms. The van der Waals surface area contributed by atoms with Gasteiger partial charge in [-0.2, -0.15) is 0 Å². The summed E-state index contributed by atoms with van der Waals surface area (Å²) in [5.74, 6) is 1.15. The first-order valence-corrected chi connectivity index (χ1v) is 21.4. The molecule has 2 saturated carbocycles. The number of carbonyl (C=O) groups is 2. The Morgan fingerprint density at radius 1 is 0.632 bits per heavy atom. The Bertz CT molecular complexity index is 1770. The van der Waals surface area contributed by atoms with Crippen LogP contribution in [0.2, 0.25) is 10.0 Å². The molecule has 0 bridgehead atoms. The molecule has 7 heteroatoms. The Balaban J connectivity index is 0.000000204. The van der Waals surface area contributed by atoms with Crippen LogP contribution >= 0.6 is 23.2 Å². The number of nitrogens with one attached hydrogen (secondary N) is 1. The van der Waals surface area contributed by atoms with Crippen molar-refractivity contribution in [2.45, 2.75) is 116 Å². The van der Waals surface area contributed by atoms with Crippen molar-refractivity contribution in [2.75, 3.05) is 26.2 Å². The van der Waals surface area contributed by atoms with Crippen molar-refractivity contribution >= 4 is 35.1 Å². The van der Waals surface area contributed by atoms with Gasteiger partial charge in [-0.1, -0.05) is 136 Å². The van der Waals surface area contributed by atoms with Crippen LogP contribution in [-0.4, -0.2) is 48.1 Å². The topological polar surface area (TPSA) is 69.6 Å². The maximum absolute atomic E-state index is 13.5. The smallest absolute Gasteiger partial charge is 0.314 e. The molecule has 5 nitrogen and oxygen atoms in total. The van der Waals surface area contributed by atoms with Crippen LogP contribution in [0.3, 0.4) is 0 Å². The first-order valence-electron chi connectivity index (χ1n) is 20.6. The number of carbonyl (C=O) groups excluding carboxylic acids is 1. The molecule has 8 rings (SSSR count). The molecule has 2 unspecified atom stereocenters. The predicted octanol–water partition coefficient (Wildman–Crippen LogP) is 12.4. The molecule has 1 amide bonds. The van der Waals surface area contributed by atoms with Gasteiger partial charge in [0.25, 0.3) is 0 Å². The number of nitrogens with zero attached hydrogens (tertiary/aromatic N) is 1. The molecule has 2 aliphatic heterocycles. The van der Waals surface area contributed by atoms with Crippen molar-refractivity contribution in [1.82, 2.24) is 10.2 Å². The monoisotopic (exact) mass is 812 g/mol. The van der Waals surface area contributed by atoms with E-state index in [1.165, 1.54) is 62.7 Å². The van der Waals surface area contributed by atoms with E-state index in [0.29, 0.717) is 16.8 Å². The fourth-order valence-electron chi connectivity index (χ4n) is 8.84. The number of aliphatic carboxylic acids is 1. The third-order valence-electron chi connectivity index (χ3n) is 12.6. The number of aryl methyl sites for hydroxylation is 2. The van der Waals surface area contributed by atoms with E-state index >= 15 is 0 Å². The van der Waals surface area contributed by atoms with Crippen LogP contribution in [0, 0.1) is 11.8 Å². The van der Waals surface area contributed by atoms with Gasteiger partial charge in [-0.15, -0.1) is 0 Å². The quantitative estimate of drug-likeness (QED) is 0.167. The molecule has 0 aromatic heterocycles. The van der Waals surface area contributed by atoms with Crippen LogP contribution in [0.1, 0.15) is 114 Å². The number of halogens is 2. The van der Waals surface area contributed by atoms with Crippen molar-refractivity contribution in [1.29, 1.82) is 0 Å². The van der Waals surface area contributed by atoms with Gasteiger partial charge in [-0.25, -0.2) is 0 Å². The molecule has 4 aromatic carbocycles. The van der Waals surface area contributed by atoms with E-state index in [2.05, 4.69) is 83.0 Å². The number of hydrogen-bond acceptors (Lipinski definition) is 3. The number of benzene rings is 4. The van der Waals surface area contributed by atoms with Crippen LogP contribution in [-0.2, 0) is 33.3 Å². The molecule has 4 aromatic rings. The van der Waals surface area contributed by atoms with E-state index in [1.807, 2.05) is 24.3 Å². The lowest BCUT2D eigenvalue weighted by Gasteiger charge is -2.46. The van der Waals surface area contributed by atoms with Gasteiger partial charge < -0.3 is 15.3 Å². The van der Waals surface area contributed by atoms with E-state index in [9.17, 15) is 14.7 Å². The van der Waals surface area contributed by atoms with Gasteiger partial charge in [0.2, 0.25) is 5.91 Å². The van der Waals surface area contributed by atoms with Gasteiger partial charge in [0.05, 0.1) is 10.8 Å². The third kappa shape index (κ3) is 12.2. The van der Waals surface area contributed by atoms with Gasteiger partial charge in [-0.3, -0.25) is 9.59 Å². The average Bonchev–Trinajstić information content (AvgIpc) is 3.18. The van der Waals surface area contributed by atoms with E-state index < -0.39 is 11.4 Å². The standard InChI is InChI=1S/C24H28ClNO.C13H19N.C11H11ClO2.2CH4/c25-22-13-11-21(12-14-22)24(15-5-16-24)23(27)26-17-4-8-20(18-26)10-9-19-6-2-1-3-7-19;1-2-5-12(6-3-1)8-9-13-7-4-10-14-11-13;12-9-4-2-8(3-5-9)11(10(13)14)6-1-7-11;;/h1-3,6-7,11-14,20H,4-5,8-10,15-18H2;1-3,5-6,13-14H,4,7-11H2;2-5H,1,6-7H2,(H,13,14);2*1H4. The zero-order valence-electron chi connectivity index (χ0n) is 32.2. The highest BCUT2D eigenvalue weighted by molar-refractivity contribution is 6.30. The minimum absolute atomic E-state index is 0. The third-order valence-corrected chi connectivity index (χ3v) is 13.1. The Kier molecular flexibility index (Phi) is 18.2. The Morgan fingerprint density at radius 3 is 1.54 bits per heavy atom. The molecule has 2 atom stereocenters. The van der Waals surface area contributed by atoms with Crippen LogP contribution in [0.15, 0.2) is 109 Å². The highest BCUT2D eigenvalue weighted by Gasteiger charge is 2.48. The Morgan fingerprint density at radius 2 is 1.11 bits per heavy atom. The molecule has 4 fully saturated rings. The summed E-state index contributed by atoms with van der Waals surface area (Å²) in [7, 11) is 0. The van der Waals surface area contributed by atoms with Crippen molar-refractivity contribution < 1.29 is 14.7 Å².